The molecular formula is C24H24N4O3. The molecule has 1 N–H and O–H groups in total. The topological polar surface area (TPSA) is 78.3 Å². The Morgan fingerprint density at radius 3 is 2.65 bits per heavy atom. The number of carbonyl (C=O) groups is 1. The van der Waals surface area contributed by atoms with Crippen molar-refractivity contribution in [1.29, 1.82) is 0 Å². The minimum Gasteiger partial charge on any atom is -0.493 e. The van der Waals surface area contributed by atoms with Gasteiger partial charge in [0.1, 0.15) is 12.4 Å². The Bertz CT molecular complexity index is 1200. The number of ether oxygens (including phenoxy) is 2. The number of carbonyl (C=O) groups excluding carboxylic acids is 1. The van der Waals surface area contributed by atoms with Crippen LogP contribution >= 0.6 is 0 Å². The van der Waals surface area contributed by atoms with E-state index in [0.29, 0.717) is 30.3 Å². The van der Waals surface area contributed by atoms with Gasteiger partial charge in [-0.15, -0.1) is 0 Å². The molecule has 0 saturated heterocycles. The van der Waals surface area contributed by atoms with Crippen LogP contribution in [0.15, 0.2) is 60.1 Å². The molecule has 0 fully saturated rings. The molecule has 7 heteroatoms. The molecule has 0 radical (unpaired) electrons. The second kappa shape index (κ2) is 7.58. The molecule has 0 bridgehead atoms. The summed E-state index contributed by atoms with van der Waals surface area (Å²) < 4.78 is 12.6. The molecule has 31 heavy (non-hydrogen) atoms. The first-order valence-corrected chi connectivity index (χ1v) is 10.3. The molecule has 0 spiro atoms. The van der Waals surface area contributed by atoms with Crippen molar-refractivity contribution in [2.24, 2.45) is 0 Å². The van der Waals surface area contributed by atoms with Crippen molar-refractivity contribution in [1.82, 2.24) is 14.8 Å². The number of hydrogen-bond acceptors (Lipinski definition) is 6. The highest BCUT2D eigenvalue weighted by molar-refractivity contribution is 6.00. The van der Waals surface area contributed by atoms with E-state index < -0.39 is 0 Å². The van der Waals surface area contributed by atoms with Gasteiger partial charge in [-0.2, -0.15) is 10.1 Å². The number of fused-ring (bicyclic) bond motifs is 1. The number of allylic oxidation sites excluding steroid dienone is 2. The first-order chi connectivity index (χ1) is 15.1. The molecule has 1 aliphatic heterocycles. The fraction of sp³-hybridized carbons (Fsp3) is 0.292. The number of rotatable bonds is 4. The molecule has 1 aromatic heterocycles. The molecular weight excluding hydrogens is 392 g/mol. The zero-order chi connectivity index (χ0) is 21.5. The minimum atomic E-state index is -0.270. The third-order valence-electron chi connectivity index (χ3n) is 6.22. The maximum absolute atomic E-state index is 13.5. The van der Waals surface area contributed by atoms with Gasteiger partial charge < -0.3 is 14.8 Å². The molecule has 0 saturated carbocycles. The maximum atomic E-state index is 13.5. The van der Waals surface area contributed by atoms with E-state index in [1.165, 1.54) is 6.33 Å². The van der Waals surface area contributed by atoms with Crippen molar-refractivity contribution in [3.8, 4) is 11.5 Å². The second-order valence-electron chi connectivity index (χ2n) is 7.95. The lowest BCUT2D eigenvalue weighted by Gasteiger charge is -2.35. The number of nitrogens with one attached hydrogen (secondary N) is 1. The van der Waals surface area contributed by atoms with Gasteiger partial charge in [-0.05, 0) is 48.1 Å². The standard InChI is InChI=1S/C24H24N4O3/c1-14-6-4-5-7-17(14)23-22-18(27-24-25-13-26-28(23)24)10-16(11-19(22)29)15-8-9-20(30-2)21(12-15)31-3/h4-9,12-13,16,23H,10-11H2,1-3H3,(H,25,26,27)/t16-,23-/m1/s1. The van der Waals surface area contributed by atoms with E-state index in [4.69, 9.17) is 9.47 Å². The van der Waals surface area contributed by atoms with Gasteiger partial charge >= 0.3 is 0 Å². The molecule has 1 aliphatic carbocycles. The summed E-state index contributed by atoms with van der Waals surface area (Å²) in [5.41, 5.74) is 4.95. The summed E-state index contributed by atoms with van der Waals surface area (Å²) >= 11 is 0. The first-order valence-electron chi connectivity index (χ1n) is 10.3. The van der Waals surface area contributed by atoms with Crippen LogP contribution in [0.5, 0.6) is 11.5 Å². The Kier molecular flexibility index (Phi) is 4.73. The van der Waals surface area contributed by atoms with Gasteiger partial charge in [0.25, 0.3) is 0 Å². The van der Waals surface area contributed by atoms with Gasteiger partial charge in [-0.1, -0.05) is 30.3 Å². The van der Waals surface area contributed by atoms with E-state index in [9.17, 15) is 4.79 Å². The lowest BCUT2D eigenvalue weighted by molar-refractivity contribution is -0.116. The summed E-state index contributed by atoms with van der Waals surface area (Å²) in [6, 6.07) is 13.7. The van der Waals surface area contributed by atoms with Gasteiger partial charge in [-0.25, -0.2) is 4.68 Å². The monoisotopic (exact) mass is 416 g/mol. The molecule has 5 rings (SSSR count). The number of hydrogen-bond donors (Lipinski definition) is 1. The molecule has 2 aliphatic rings. The number of benzene rings is 2. The fourth-order valence-electron chi connectivity index (χ4n) is 4.68. The largest absolute Gasteiger partial charge is 0.493 e. The highest BCUT2D eigenvalue weighted by atomic mass is 16.5. The van der Waals surface area contributed by atoms with Crippen LogP contribution < -0.4 is 14.8 Å². The van der Waals surface area contributed by atoms with Crippen LogP contribution in [-0.2, 0) is 4.79 Å². The maximum Gasteiger partial charge on any atom is 0.226 e. The Hall–Kier alpha value is -3.61. The van der Waals surface area contributed by atoms with E-state index in [2.05, 4.69) is 34.5 Å². The van der Waals surface area contributed by atoms with Crippen molar-refractivity contribution in [3.63, 3.8) is 0 Å². The summed E-state index contributed by atoms with van der Waals surface area (Å²) in [5, 5.41) is 7.80. The van der Waals surface area contributed by atoms with Gasteiger partial charge in [0.15, 0.2) is 17.3 Å². The Morgan fingerprint density at radius 1 is 1.06 bits per heavy atom. The Morgan fingerprint density at radius 2 is 1.87 bits per heavy atom. The summed E-state index contributed by atoms with van der Waals surface area (Å²) in [6.45, 7) is 2.06. The predicted molar refractivity (Wildman–Crippen MR) is 117 cm³/mol. The number of methoxy groups -OCH3 is 2. The summed E-state index contributed by atoms with van der Waals surface area (Å²) in [7, 11) is 3.24. The normalized spacial score (nSPS) is 20.0. The fourth-order valence-corrected chi connectivity index (χ4v) is 4.68. The van der Waals surface area contributed by atoms with Crippen molar-refractivity contribution in [2.45, 2.75) is 31.7 Å². The quantitative estimate of drug-likeness (QED) is 0.692. The average molecular weight is 416 g/mol. The number of aryl methyl sites for hydroxylation is 1. The van der Waals surface area contributed by atoms with Crippen LogP contribution in [0.2, 0.25) is 0 Å². The third-order valence-corrected chi connectivity index (χ3v) is 6.22. The van der Waals surface area contributed by atoms with Crippen LogP contribution in [0.25, 0.3) is 0 Å². The van der Waals surface area contributed by atoms with E-state index in [0.717, 1.165) is 28.0 Å². The molecule has 2 aromatic carbocycles. The number of aromatic nitrogens is 3. The van der Waals surface area contributed by atoms with E-state index in [1.807, 2.05) is 35.0 Å². The van der Waals surface area contributed by atoms with Crippen LogP contribution in [0.3, 0.4) is 0 Å². The second-order valence-corrected chi connectivity index (χ2v) is 7.95. The minimum absolute atomic E-state index is 0.0468. The van der Waals surface area contributed by atoms with Crippen LogP contribution in [-0.4, -0.2) is 34.8 Å². The number of anilines is 1. The van der Waals surface area contributed by atoms with E-state index >= 15 is 0 Å². The van der Waals surface area contributed by atoms with Gasteiger partial charge in [0.2, 0.25) is 5.95 Å². The molecule has 3 aromatic rings. The van der Waals surface area contributed by atoms with Gasteiger partial charge in [-0.3, -0.25) is 4.79 Å². The van der Waals surface area contributed by atoms with Crippen molar-refractivity contribution >= 4 is 11.7 Å². The molecule has 7 nitrogen and oxygen atoms in total. The zero-order valence-corrected chi connectivity index (χ0v) is 17.8. The smallest absolute Gasteiger partial charge is 0.226 e. The third kappa shape index (κ3) is 3.17. The number of ketones is 1. The number of Topliss-reactive ketones (excluding diaryl/α,β-unsaturated/α-hetero) is 1. The van der Waals surface area contributed by atoms with Crippen molar-refractivity contribution < 1.29 is 14.3 Å². The van der Waals surface area contributed by atoms with Crippen LogP contribution in [0, 0.1) is 6.92 Å². The Labute approximate surface area is 180 Å². The molecule has 158 valence electrons. The van der Waals surface area contributed by atoms with Crippen LogP contribution in [0.1, 0.15) is 41.5 Å². The van der Waals surface area contributed by atoms with Crippen LogP contribution in [0.4, 0.5) is 5.95 Å². The van der Waals surface area contributed by atoms with E-state index in [-0.39, 0.29) is 17.7 Å². The van der Waals surface area contributed by atoms with Gasteiger partial charge in [0, 0.05) is 17.7 Å². The summed E-state index contributed by atoms with van der Waals surface area (Å²) in [5.74, 6) is 2.18. The molecule has 0 amide bonds. The average Bonchev–Trinajstić information content (AvgIpc) is 3.26. The lowest BCUT2D eigenvalue weighted by atomic mass is 9.77. The van der Waals surface area contributed by atoms with Crippen molar-refractivity contribution in [2.75, 3.05) is 19.5 Å². The highest BCUT2D eigenvalue weighted by Crippen LogP contribution is 2.45. The van der Waals surface area contributed by atoms with Gasteiger partial charge in [0.05, 0.1) is 14.2 Å². The van der Waals surface area contributed by atoms with E-state index in [1.54, 1.807) is 14.2 Å². The molecule has 2 heterocycles. The summed E-state index contributed by atoms with van der Waals surface area (Å²) in [4.78, 5) is 17.9. The highest BCUT2D eigenvalue weighted by Gasteiger charge is 2.39. The predicted octanol–water partition coefficient (Wildman–Crippen LogP) is 4.02. The Balaban J connectivity index is 1.57. The summed E-state index contributed by atoms with van der Waals surface area (Å²) in [6.07, 6.45) is 2.68. The SMILES string of the molecule is COc1ccc([C@H]2CC(=O)C3=C(C2)Nc2ncnn2[C@@H]3c2ccccc2C)cc1OC. The zero-order valence-electron chi connectivity index (χ0n) is 17.8. The van der Waals surface area contributed by atoms with Crippen molar-refractivity contribution in [3.05, 3.63) is 76.8 Å². The molecule has 2 atom stereocenters. The number of nitrogens with zero attached hydrogens (tertiary/aromatic N) is 3. The first kappa shape index (κ1) is 19.4. The lowest BCUT2D eigenvalue weighted by Crippen LogP contribution is -2.33. The molecule has 0 unspecified atom stereocenters.